The van der Waals surface area contributed by atoms with Crippen LogP contribution in [-0.4, -0.2) is 17.3 Å². The highest BCUT2D eigenvalue weighted by molar-refractivity contribution is 5.93. The monoisotopic (exact) mass is 224 g/mol. The lowest BCUT2D eigenvalue weighted by Gasteiger charge is -2.08. The van der Waals surface area contributed by atoms with E-state index in [2.05, 4.69) is 9.72 Å². The Balaban J connectivity index is 3.03. The fourth-order valence-corrected chi connectivity index (χ4v) is 0.783. The lowest BCUT2D eigenvalue weighted by atomic mass is 10.2. The maximum Gasteiger partial charge on any atom is 0.574 e. The Morgan fingerprint density at radius 3 is 2.53 bits per heavy atom. The fourth-order valence-electron chi connectivity index (χ4n) is 0.783. The van der Waals surface area contributed by atoms with Gasteiger partial charge in [0.25, 0.3) is 5.91 Å². The summed E-state index contributed by atoms with van der Waals surface area (Å²) >= 11 is 0. The van der Waals surface area contributed by atoms with Gasteiger partial charge in [0.15, 0.2) is 5.82 Å². The highest BCUT2D eigenvalue weighted by atomic mass is 19.4. The van der Waals surface area contributed by atoms with Crippen molar-refractivity contribution in [3.8, 4) is 5.88 Å². The average Bonchev–Trinajstić information content (AvgIpc) is 2.05. The minimum atomic E-state index is -4.96. The van der Waals surface area contributed by atoms with Gasteiger partial charge in [-0.15, -0.1) is 13.2 Å². The van der Waals surface area contributed by atoms with E-state index in [1.54, 1.807) is 0 Å². The van der Waals surface area contributed by atoms with Crippen LogP contribution in [0.3, 0.4) is 0 Å². The van der Waals surface area contributed by atoms with E-state index in [0.717, 1.165) is 0 Å². The van der Waals surface area contributed by atoms with E-state index in [4.69, 9.17) is 5.73 Å². The number of pyridine rings is 1. The number of rotatable bonds is 2. The molecule has 1 amide bonds. The zero-order valence-corrected chi connectivity index (χ0v) is 7.01. The molecule has 0 atom stereocenters. The van der Waals surface area contributed by atoms with Gasteiger partial charge in [-0.2, -0.15) is 0 Å². The standard InChI is InChI=1S/C7H4F4N2O2/c8-4-2-13-5(15-7(9,10)11)1-3(4)6(12)14/h1-2H,(H2,12,14). The first kappa shape index (κ1) is 11.2. The van der Waals surface area contributed by atoms with Crippen molar-refractivity contribution in [2.24, 2.45) is 5.73 Å². The van der Waals surface area contributed by atoms with Crippen molar-refractivity contribution in [2.45, 2.75) is 6.36 Å². The molecule has 1 heterocycles. The maximum absolute atomic E-state index is 12.8. The molecule has 0 saturated carbocycles. The Labute approximate surface area is 80.7 Å². The Morgan fingerprint density at radius 1 is 1.47 bits per heavy atom. The second kappa shape index (κ2) is 3.71. The van der Waals surface area contributed by atoms with E-state index in [0.29, 0.717) is 12.3 Å². The van der Waals surface area contributed by atoms with Crippen molar-refractivity contribution < 1.29 is 27.1 Å². The molecule has 0 saturated heterocycles. The Hall–Kier alpha value is -1.86. The summed E-state index contributed by atoms with van der Waals surface area (Å²) in [6.45, 7) is 0. The predicted octanol–water partition coefficient (Wildman–Crippen LogP) is 1.22. The number of aromatic nitrogens is 1. The first-order valence-corrected chi connectivity index (χ1v) is 3.50. The number of carbonyl (C=O) groups is 1. The smallest absolute Gasteiger partial charge is 0.388 e. The molecule has 0 spiro atoms. The number of nitrogens with two attached hydrogens (primary N) is 1. The normalized spacial score (nSPS) is 11.2. The minimum Gasteiger partial charge on any atom is -0.388 e. The topological polar surface area (TPSA) is 65.2 Å². The van der Waals surface area contributed by atoms with Gasteiger partial charge < -0.3 is 10.5 Å². The van der Waals surface area contributed by atoms with E-state index in [-0.39, 0.29) is 0 Å². The molecule has 0 aliphatic rings. The van der Waals surface area contributed by atoms with Crippen LogP contribution in [0.2, 0.25) is 0 Å². The second-order valence-corrected chi connectivity index (χ2v) is 2.41. The fraction of sp³-hybridized carbons (Fsp3) is 0.143. The van der Waals surface area contributed by atoms with Crippen molar-refractivity contribution in [1.82, 2.24) is 4.98 Å². The number of hydrogen-bond donors (Lipinski definition) is 1. The molecule has 4 nitrogen and oxygen atoms in total. The molecule has 0 fully saturated rings. The molecule has 1 rings (SSSR count). The molecule has 1 aromatic rings. The number of amides is 1. The van der Waals surface area contributed by atoms with Crippen molar-refractivity contribution >= 4 is 5.91 Å². The molecule has 0 unspecified atom stereocenters. The Morgan fingerprint density at radius 2 is 2.07 bits per heavy atom. The zero-order valence-electron chi connectivity index (χ0n) is 7.01. The summed E-state index contributed by atoms with van der Waals surface area (Å²) < 4.78 is 51.2. The molecule has 15 heavy (non-hydrogen) atoms. The molecule has 1 aromatic heterocycles. The van der Waals surface area contributed by atoms with Crippen molar-refractivity contribution in [1.29, 1.82) is 0 Å². The van der Waals surface area contributed by atoms with E-state index >= 15 is 0 Å². The van der Waals surface area contributed by atoms with Gasteiger partial charge in [-0.3, -0.25) is 4.79 Å². The van der Waals surface area contributed by atoms with Crippen LogP contribution in [0.1, 0.15) is 10.4 Å². The minimum absolute atomic E-state index is 0.418. The van der Waals surface area contributed by atoms with E-state index < -0.39 is 29.5 Å². The number of alkyl halides is 3. The SMILES string of the molecule is NC(=O)c1cc(OC(F)(F)F)ncc1F. The van der Waals surface area contributed by atoms with Gasteiger partial charge >= 0.3 is 6.36 Å². The van der Waals surface area contributed by atoms with Crippen molar-refractivity contribution in [2.75, 3.05) is 0 Å². The van der Waals surface area contributed by atoms with Crippen LogP contribution in [0, 0.1) is 5.82 Å². The molecular weight excluding hydrogens is 220 g/mol. The van der Waals surface area contributed by atoms with Gasteiger partial charge in [-0.25, -0.2) is 9.37 Å². The molecule has 0 bridgehead atoms. The first-order chi connectivity index (χ1) is 6.79. The third-order valence-electron chi connectivity index (χ3n) is 1.32. The molecule has 2 N–H and O–H groups in total. The molecule has 0 radical (unpaired) electrons. The Kier molecular flexibility index (Phi) is 2.78. The van der Waals surface area contributed by atoms with Crippen LogP contribution >= 0.6 is 0 Å². The van der Waals surface area contributed by atoms with E-state index in [1.807, 2.05) is 0 Å². The predicted molar refractivity (Wildman–Crippen MR) is 39.4 cm³/mol. The molecule has 0 aliphatic carbocycles. The molecular formula is C7H4F4N2O2. The highest BCUT2D eigenvalue weighted by Crippen LogP contribution is 2.22. The van der Waals surface area contributed by atoms with Crippen LogP contribution in [0.15, 0.2) is 12.3 Å². The summed E-state index contributed by atoms with van der Waals surface area (Å²) in [5.74, 6) is -3.27. The van der Waals surface area contributed by atoms with E-state index in [1.165, 1.54) is 0 Å². The second-order valence-electron chi connectivity index (χ2n) is 2.41. The Bertz CT molecular complexity index is 391. The lowest BCUT2D eigenvalue weighted by molar-refractivity contribution is -0.276. The van der Waals surface area contributed by atoms with Crippen LogP contribution in [0.5, 0.6) is 5.88 Å². The van der Waals surface area contributed by atoms with E-state index in [9.17, 15) is 22.4 Å². The average molecular weight is 224 g/mol. The number of nitrogens with zero attached hydrogens (tertiary/aromatic N) is 1. The quantitative estimate of drug-likeness (QED) is 0.768. The summed E-state index contributed by atoms with van der Waals surface area (Å²) in [5.41, 5.74) is 3.99. The summed E-state index contributed by atoms with van der Waals surface area (Å²) in [7, 11) is 0. The number of ether oxygens (including phenoxy) is 1. The van der Waals surface area contributed by atoms with Gasteiger partial charge in [0.2, 0.25) is 5.88 Å². The maximum atomic E-state index is 12.8. The molecule has 82 valence electrons. The third-order valence-corrected chi connectivity index (χ3v) is 1.32. The van der Waals surface area contributed by atoms with Gasteiger partial charge in [0.1, 0.15) is 0 Å². The summed E-state index contributed by atoms with van der Waals surface area (Å²) in [6, 6.07) is 0.477. The summed E-state index contributed by atoms with van der Waals surface area (Å²) in [6.07, 6.45) is -4.54. The number of primary amides is 1. The molecule has 8 heteroatoms. The largest absolute Gasteiger partial charge is 0.574 e. The summed E-state index contributed by atoms with van der Waals surface area (Å²) in [5, 5.41) is 0. The van der Waals surface area contributed by atoms with Crippen molar-refractivity contribution in [3.63, 3.8) is 0 Å². The first-order valence-electron chi connectivity index (χ1n) is 3.50. The lowest BCUT2D eigenvalue weighted by Crippen LogP contribution is -2.19. The summed E-state index contributed by atoms with van der Waals surface area (Å²) in [4.78, 5) is 13.5. The number of carbonyl (C=O) groups excluding carboxylic acids is 1. The third kappa shape index (κ3) is 3.08. The zero-order chi connectivity index (χ0) is 11.6. The molecule has 0 aromatic carbocycles. The van der Waals surface area contributed by atoms with Crippen molar-refractivity contribution in [3.05, 3.63) is 23.6 Å². The van der Waals surface area contributed by atoms with Crippen LogP contribution in [-0.2, 0) is 0 Å². The number of hydrogen-bond acceptors (Lipinski definition) is 3. The van der Waals surface area contributed by atoms with Gasteiger partial charge in [-0.1, -0.05) is 0 Å². The molecule has 0 aliphatic heterocycles. The van der Waals surface area contributed by atoms with Crippen LogP contribution < -0.4 is 10.5 Å². The van der Waals surface area contributed by atoms with Gasteiger partial charge in [0.05, 0.1) is 11.8 Å². The van der Waals surface area contributed by atoms with Crippen LogP contribution in [0.4, 0.5) is 17.6 Å². The van der Waals surface area contributed by atoms with Crippen LogP contribution in [0.25, 0.3) is 0 Å². The highest BCUT2D eigenvalue weighted by Gasteiger charge is 2.32. The number of halogens is 4. The van der Waals surface area contributed by atoms with Gasteiger partial charge in [0, 0.05) is 6.07 Å². The van der Waals surface area contributed by atoms with Gasteiger partial charge in [-0.05, 0) is 0 Å².